The molecule has 5 nitrogen and oxygen atoms in total. The van der Waals surface area contributed by atoms with Crippen LogP contribution in [0.1, 0.15) is 37.0 Å². The third-order valence-electron chi connectivity index (χ3n) is 4.02. The van der Waals surface area contributed by atoms with Gasteiger partial charge in [0.15, 0.2) is 5.11 Å². The van der Waals surface area contributed by atoms with E-state index in [-0.39, 0.29) is 12.3 Å². The maximum Gasteiger partial charge on any atom is 0.242 e. The molecule has 0 saturated carbocycles. The molecule has 1 amide bonds. The van der Waals surface area contributed by atoms with Crippen molar-refractivity contribution in [3.05, 3.63) is 35.1 Å². The van der Waals surface area contributed by atoms with E-state index in [0.29, 0.717) is 11.0 Å². The molecule has 3 N–H and O–H groups in total. The molecule has 6 heteroatoms. The molecule has 130 valence electrons. The topological polar surface area (TPSA) is 66.3 Å². The molecule has 2 aromatic rings. The van der Waals surface area contributed by atoms with Crippen molar-refractivity contribution in [2.75, 3.05) is 6.54 Å². The molecule has 0 saturated heterocycles. The minimum Gasteiger partial charge on any atom is -0.464 e. The fourth-order valence-corrected chi connectivity index (χ4v) is 2.54. The van der Waals surface area contributed by atoms with Crippen LogP contribution in [0.25, 0.3) is 11.0 Å². The highest BCUT2D eigenvalue weighted by Crippen LogP contribution is 2.26. The fraction of sp³-hybridized carbons (Fsp3) is 0.444. The molecule has 24 heavy (non-hydrogen) atoms. The summed E-state index contributed by atoms with van der Waals surface area (Å²) in [7, 11) is 0. The van der Waals surface area contributed by atoms with Crippen LogP contribution in [0.4, 0.5) is 0 Å². The minimum absolute atomic E-state index is 0.163. The third kappa shape index (κ3) is 4.71. The summed E-state index contributed by atoms with van der Waals surface area (Å²) < 4.78 is 5.62. The number of hydrazine groups is 1. The summed E-state index contributed by atoms with van der Waals surface area (Å²) in [5.74, 6) is 0.445. The molecule has 0 spiro atoms. The van der Waals surface area contributed by atoms with Gasteiger partial charge in [-0.05, 0) is 49.5 Å². The molecule has 0 aliphatic carbocycles. The average Bonchev–Trinajstić information content (AvgIpc) is 2.92. The molecule has 0 fully saturated rings. The molecule has 1 aromatic heterocycles. The predicted octanol–water partition coefficient (Wildman–Crippen LogP) is 3.13. The van der Waals surface area contributed by atoms with Gasteiger partial charge < -0.3 is 9.73 Å². The fourth-order valence-electron chi connectivity index (χ4n) is 2.39. The second-order valence-electron chi connectivity index (χ2n) is 6.43. The average molecular weight is 347 g/mol. The number of benzene rings is 1. The van der Waals surface area contributed by atoms with Crippen LogP contribution in [0, 0.1) is 19.8 Å². The van der Waals surface area contributed by atoms with Crippen molar-refractivity contribution in [2.24, 2.45) is 5.92 Å². The lowest BCUT2D eigenvalue weighted by molar-refractivity contribution is -0.121. The molecule has 0 unspecified atom stereocenters. The largest absolute Gasteiger partial charge is 0.464 e. The van der Waals surface area contributed by atoms with Gasteiger partial charge in [0, 0.05) is 17.5 Å². The highest BCUT2D eigenvalue weighted by atomic mass is 32.1. The van der Waals surface area contributed by atoms with Crippen LogP contribution in [-0.2, 0) is 11.2 Å². The van der Waals surface area contributed by atoms with Gasteiger partial charge >= 0.3 is 0 Å². The van der Waals surface area contributed by atoms with Gasteiger partial charge in [-0.3, -0.25) is 15.6 Å². The molecular weight excluding hydrogens is 322 g/mol. The van der Waals surface area contributed by atoms with Crippen LogP contribution in [0.15, 0.2) is 22.8 Å². The first-order valence-electron chi connectivity index (χ1n) is 8.17. The first-order valence-corrected chi connectivity index (χ1v) is 8.58. The van der Waals surface area contributed by atoms with Crippen LogP contribution in [0.5, 0.6) is 0 Å². The summed E-state index contributed by atoms with van der Waals surface area (Å²) >= 11 is 5.13. The van der Waals surface area contributed by atoms with E-state index in [9.17, 15) is 4.79 Å². The first-order chi connectivity index (χ1) is 11.4. The highest BCUT2D eigenvalue weighted by Gasteiger charge is 2.12. The Hall–Kier alpha value is -2.08. The van der Waals surface area contributed by atoms with Gasteiger partial charge in [0.1, 0.15) is 5.58 Å². The molecule has 2 rings (SSSR count). The van der Waals surface area contributed by atoms with Gasteiger partial charge in [-0.25, -0.2) is 0 Å². The number of carbonyl (C=O) groups excluding carboxylic acids is 1. The van der Waals surface area contributed by atoms with Crippen LogP contribution < -0.4 is 16.2 Å². The number of fused-ring (bicyclic) bond motifs is 1. The highest BCUT2D eigenvalue weighted by molar-refractivity contribution is 7.80. The van der Waals surface area contributed by atoms with E-state index in [0.717, 1.165) is 35.1 Å². The maximum atomic E-state index is 12.1. The van der Waals surface area contributed by atoms with Crippen LogP contribution in [0.3, 0.4) is 0 Å². The summed E-state index contributed by atoms with van der Waals surface area (Å²) in [4.78, 5) is 12.1. The van der Waals surface area contributed by atoms with Gasteiger partial charge in [-0.15, -0.1) is 0 Å². The maximum absolute atomic E-state index is 12.1. The zero-order valence-electron chi connectivity index (χ0n) is 14.7. The van der Waals surface area contributed by atoms with E-state index in [4.69, 9.17) is 16.6 Å². The zero-order chi connectivity index (χ0) is 17.7. The van der Waals surface area contributed by atoms with Crippen molar-refractivity contribution in [2.45, 2.75) is 40.5 Å². The number of carbonyl (C=O) groups is 1. The lowest BCUT2D eigenvalue weighted by Crippen LogP contribution is -2.47. The van der Waals surface area contributed by atoms with Crippen molar-refractivity contribution >= 4 is 34.2 Å². The van der Waals surface area contributed by atoms with Gasteiger partial charge in [0.05, 0.1) is 12.7 Å². The molecule has 1 aromatic carbocycles. The SMILES string of the molecule is Cc1ccc2c(CC(=O)NNC(=S)NCCC(C)C)coc2c1C. The second-order valence-corrected chi connectivity index (χ2v) is 6.84. The molecule has 0 radical (unpaired) electrons. The summed E-state index contributed by atoms with van der Waals surface area (Å²) in [5.41, 5.74) is 9.33. The standard InChI is InChI=1S/C18H25N3O2S/c1-11(2)7-8-19-18(24)21-20-16(22)9-14-10-23-17-13(4)12(3)5-6-15(14)17/h5-6,10-11H,7-9H2,1-4H3,(H,20,22)(H2,19,21,24). The Morgan fingerprint density at radius 2 is 2.00 bits per heavy atom. The van der Waals surface area contributed by atoms with Crippen molar-refractivity contribution in [1.29, 1.82) is 0 Å². The van der Waals surface area contributed by atoms with Crippen molar-refractivity contribution in [1.82, 2.24) is 16.2 Å². The Bertz CT molecular complexity index is 737. The number of rotatable bonds is 5. The normalized spacial score (nSPS) is 10.9. The smallest absolute Gasteiger partial charge is 0.242 e. The number of furan rings is 1. The molecule has 0 atom stereocenters. The Kier molecular flexibility index (Phi) is 6.20. The molecule has 0 aliphatic heterocycles. The predicted molar refractivity (Wildman–Crippen MR) is 101 cm³/mol. The minimum atomic E-state index is -0.163. The quantitative estimate of drug-likeness (QED) is 0.573. The Balaban J connectivity index is 1.87. The molecule has 1 heterocycles. The molecule has 0 aliphatic rings. The van der Waals surface area contributed by atoms with Crippen LogP contribution in [0.2, 0.25) is 0 Å². The summed E-state index contributed by atoms with van der Waals surface area (Å²) in [6, 6.07) is 4.04. The number of nitrogens with one attached hydrogen (secondary N) is 3. The number of thiocarbonyl (C=S) groups is 1. The summed E-state index contributed by atoms with van der Waals surface area (Å²) in [6.45, 7) is 9.15. The van der Waals surface area contributed by atoms with Crippen molar-refractivity contribution in [3.63, 3.8) is 0 Å². The van der Waals surface area contributed by atoms with Gasteiger partial charge in [-0.2, -0.15) is 0 Å². The number of aryl methyl sites for hydroxylation is 2. The van der Waals surface area contributed by atoms with E-state index in [1.54, 1.807) is 6.26 Å². The monoisotopic (exact) mass is 347 g/mol. The third-order valence-corrected chi connectivity index (χ3v) is 4.26. The van der Waals surface area contributed by atoms with Crippen LogP contribution in [-0.4, -0.2) is 17.6 Å². The molecule has 0 bridgehead atoms. The van der Waals surface area contributed by atoms with Gasteiger partial charge in [0.2, 0.25) is 5.91 Å². The Labute approximate surface area is 148 Å². The number of hydrogen-bond donors (Lipinski definition) is 3. The van der Waals surface area contributed by atoms with E-state index < -0.39 is 0 Å². The van der Waals surface area contributed by atoms with Gasteiger partial charge in [-0.1, -0.05) is 26.0 Å². The molecular formula is C18H25N3O2S. The zero-order valence-corrected chi connectivity index (χ0v) is 15.5. The lowest BCUT2D eigenvalue weighted by Gasteiger charge is -2.12. The number of hydrogen-bond acceptors (Lipinski definition) is 3. The van der Waals surface area contributed by atoms with E-state index in [2.05, 4.69) is 30.0 Å². The number of amides is 1. The Morgan fingerprint density at radius 1 is 1.25 bits per heavy atom. The van der Waals surface area contributed by atoms with Crippen LogP contribution >= 0.6 is 12.2 Å². The van der Waals surface area contributed by atoms with Crippen molar-refractivity contribution < 1.29 is 9.21 Å². The van der Waals surface area contributed by atoms with Crippen molar-refractivity contribution in [3.8, 4) is 0 Å². The van der Waals surface area contributed by atoms with E-state index in [1.165, 1.54) is 5.56 Å². The lowest BCUT2D eigenvalue weighted by atomic mass is 10.0. The summed E-state index contributed by atoms with van der Waals surface area (Å²) in [5, 5.41) is 4.46. The van der Waals surface area contributed by atoms with E-state index in [1.807, 2.05) is 26.0 Å². The summed E-state index contributed by atoms with van der Waals surface area (Å²) in [6.07, 6.45) is 2.91. The van der Waals surface area contributed by atoms with E-state index >= 15 is 0 Å². The van der Waals surface area contributed by atoms with Gasteiger partial charge in [0.25, 0.3) is 0 Å². The Morgan fingerprint density at radius 3 is 2.71 bits per heavy atom. The first kappa shape index (κ1) is 18.3. The second kappa shape index (κ2) is 8.15.